The molecule has 1 heterocycles. The van der Waals surface area contributed by atoms with Crippen LogP contribution in [0.1, 0.15) is 12.5 Å². The first kappa shape index (κ1) is 14.5. The number of allylic oxidation sites excluding steroid dienone is 1. The average molecular weight is 287 g/mol. The van der Waals surface area contributed by atoms with Gasteiger partial charge in [0.2, 0.25) is 0 Å². The average Bonchev–Trinajstić information content (AvgIpc) is 2.47. The molecule has 2 aromatic rings. The highest BCUT2D eigenvalue weighted by Gasteiger charge is 2.17. The van der Waals surface area contributed by atoms with Crippen molar-refractivity contribution in [3.63, 3.8) is 0 Å². The number of benzene rings is 1. The van der Waals surface area contributed by atoms with Gasteiger partial charge in [-0.3, -0.25) is 0 Å². The van der Waals surface area contributed by atoms with Crippen molar-refractivity contribution in [2.75, 3.05) is 5.75 Å². The van der Waals surface area contributed by atoms with E-state index in [9.17, 15) is 8.42 Å². The van der Waals surface area contributed by atoms with E-state index in [1.807, 2.05) is 49.4 Å². The maximum absolute atomic E-state index is 12.2. The number of nitrogens with zero attached hydrogens (tertiary/aromatic N) is 1. The molecule has 0 spiro atoms. The lowest BCUT2D eigenvalue weighted by molar-refractivity contribution is 0.585. The second-order valence-electron chi connectivity index (χ2n) is 4.70. The highest BCUT2D eigenvalue weighted by molar-refractivity contribution is 7.91. The SMILES string of the molecule is CC(/C=C/c1ccccc1)CS(=O)(=O)c1ccccn1. The van der Waals surface area contributed by atoms with Crippen molar-refractivity contribution in [1.82, 2.24) is 4.98 Å². The number of rotatable bonds is 5. The summed E-state index contributed by atoms with van der Waals surface area (Å²) in [5.74, 6) is -0.00455. The third kappa shape index (κ3) is 4.03. The highest BCUT2D eigenvalue weighted by Crippen LogP contribution is 2.13. The van der Waals surface area contributed by atoms with E-state index < -0.39 is 9.84 Å². The van der Waals surface area contributed by atoms with E-state index in [-0.39, 0.29) is 16.7 Å². The largest absolute Gasteiger partial charge is 0.245 e. The Morgan fingerprint density at radius 1 is 1.10 bits per heavy atom. The number of hydrogen-bond donors (Lipinski definition) is 0. The molecule has 0 amide bonds. The molecule has 0 saturated carbocycles. The van der Waals surface area contributed by atoms with Crippen LogP contribution in [0.3, 0.4) is 0 Å². The van der Waals surface area contributed by atoms with E-state index in [1.165, 1.54) is 12.3 Å². The second-order valence-corrected chi connectivity index (χ2v) is 6.68. The first-order valence-corrected chi connectivity index (χ1v) is 8.10. The Bertz CT molecular complexity index is 664. The Morgan fingerprint density at radius 2 is 1.80 bits per heavy atom. The van der Waals surface area contributed by atoms with Crippen molar-refractivity contribution >= 4 is 15.9 Å². The van der Waals surface area contributed by atoms with Crippen molar-refractivity contribution in [3.05, 3.63) is 66.4 Å². The van der Waals surface area contributed by atoms with E-state index in [0.29, 0.717) is 0 Å². The van der Waals surface area contributed by atoms with Crippen LogP contribution in [0, 0.1) is 5.92 Å². The minimum atomic E-state index is -3.33. The molecule has 0 saturated heterocycles. The van der Waals surface area contributed by atoms with Crippen LogP contribution in [0.2, 0.25) is 0 Å². The fourth-order valence-electron chi connectivity index (χ4n) is 1.86. The fraction of sp³-hybridized carbons (Fsp3) is 0.188. The Balaban J connectivity index is 2.05. The van der Waals surface area contributed by atoms with Gasteiger partial charge >= 0.3 is 0 Å². The van der Waals surface area contributed by atoms with Crippen molar-refractivity contribution in [3.8, 4) is 0 Å². The molecule has 0 aliphatic heterocycles. The summed E-state index contributed by atoms with van der Waals surface area (Å²) in [5, 5.41) is 0.139. The predicted molar refractivity (Wildman–Crippen MR) is 80.9 cm³/mol. The molecule has 4 heteroatoms. The minimum absolute atomic E-state index is 0.0628. The summed E-state index contributed by atoms with van der Waals surface area (Å²) in [4.78, 5) is 3.91. The van der Waals surface area contributed by atoms with Crippen LogP contribution >= 0.6 is 0 Å². The van der Waals surface area contributed by atoms with E-state index in [0.717, 1.165) is 5.56 Å². The molecular weight excluding hydrogens is 270 g/mol. The highest BCUT2D eigenvalue weighted by atomic mass is 32.2. The normalized spacial score (nSPS) is 13.4. The molecule has 1 atom stereocenters. The molecule has 0 fully saturated rings. The van der Waals surface area contributed by atoms with Gasteiger partial charge in [0.25, 0.3) is 0 Å². The van der Waals surface area contributed by atoms with Gasteiger partial charge < -0.3 is 0 Å². The lowest BCUT2D eigenvalue weighted by Crippen LogP contribution is -2.13. The molecule has 1 unspecified atom stereocenters. The lowest BCUT2D eigenvalue weighted by atomic mass is 10.1. The van der Waals surface area contributed by atoms with Crippen LogP contribution in [0.5, 0.6) is 0 Å². The maximum atomic E-state index is 12.2. The van der Waals surface area contributed by atoms with Crippen LogP contribution in [0.15, 0.2) is 65.8 Å². The smallest absolute Gasteiger partial charge is 0.196 e. The van der Waals surface area contributed by atoms with Gasteiger partial charge in [-0.05, 0) is 23.6 Å². The molecule has 0 bridgehead atoms. The molecule has 20 heavy (non-hydrogen) atoms. The molecule has 3 nitrogen and oxygen atoms in total. The van der Waals surface area contributed by atoms with Gasteiger partial charge in [-0.15, -0.1) is 0 Å². The minimum Gasteiger partial charge on any atom is -0.245 e. The van der Waals surface area contributed by atoms with Gasteiger partial charge in [-0.2, -0.15) is 0 Å². The Hall–Kier alpha value is -1.94. The third-order valence-electron chi connectivity index (χ3n) is 2.86. The van der Waals surface area contributed by atoms with Crippen molar-refractivity contribution in [2.45, 2.75) is 11.9 Å². The topological polar surface area (TPSA) is 47.0 Å². The van der Waals surface area contributed by atoms with Gasteiger partial charge in [-0.25, -0.2) is 13.4 Å². The Kier molecular flexibility index (Phi) is 4.69. The summed E-state index contributed by atoms with van der Waals surface area (Å²) in [7, 11) is -3.33. The zero-order chi connectivity index (χ0) is 14.4. The van der Waals surface area contributed by atoms with Crippen LogP contribution in [0.4, 0.5) is 0 Å². The molecule has 1 aromatic carbocycles. The predicted octanol–water partition coefficient (Wildman–Crippen LogP) is 3.20. The van der Waals surface area contributed by atoms with Crippen LogP contribution in [-0.4, -0.2) is 19.2 Å². The van der Waals surface area contributed by atoms with Gasteiger partial charge in [0.05, 0.1) is 5.75 Å². The molecule has 1 aromatic heterocycles. The second kappa shape index (κ2) is 6.48. The molecular formula is C16H17NO2S. The van der Waals surface area contributed by atoms with Crippen LogP contribution in [0.25, 0.3) is 6.08 Å². The van der Waals surface area contributed by atoms with E-state index in [2.05, 4.69) is 4.98 Å². The summed E-state index contributed by atoms with van der Waals surface area (Å²) in [6, 6.07) is 14.7. The molecule has 0 radical (unpaired) electrons. The summed E-state index contributed by atoms with van der Waals surface area (Å²) in [6.45, 7) is 1.89. The zero-order valence-corrected chi connectivity index (χ0v) is 12.1. The van der Waals surface area contributed by atoms with Crippen molar-refractivity contribution < 1.29 is 8.42 Å². The molecule has 0 aliphatic rings. The van der Waals surface area contributed by atoms with Crippen LogP contribution < -0.4 is 0 Å². The number of pyridine rings is 1. The number of aromatic nitrogens is 1. The molecule has 0 N–H and O–H groups in total. The van der Waals surface area contributed by atoms with Crippen molar-refractivity contribution in [2.24, 2.45) is 5.92 Å². The fourth-order valence-corrected chi connectivity index (χ4v) is 3.34. The Labute approximate surface area is 119 Å². The quantitative estimate of drug-likeness (QED) is 0.848. The van der Waals surface area contributed by atoms with E-state index in [1.54, 1.807) is 12.1 Å². The van der Waals surface area contributed by atoms with Gasteiger partial charge in [-0.1, -0.05) is 55.5 Å². The molecule has 2 rings (SSSR count). The van der Waals surface area contributed by atoms with Crippen LogP contribution in [-0.2, 0) is 9.84 Å². The zero-order valence-electron chi connectivity index (χ0n) is 11.3. The number of hydrogen-bond acceptors (Lipinski definition) is 3. The first-order valence-electron chi connectivity index (χ1n) is 6.45. The monoisotopic (exact) mass is 287 g/mol. The summed E-state index contributed by atoms with van der Waals surface area (Å²) < 4.78 is 24.3. The first-order chi connectivity index (χ1) is 9.58. The maximum Gasteiger partial charge on any atom is 0.196 e. The standard InChI is InChI=1S/C16H17NO2S/c1-14(10-11-15-7-3-2-4-8-15)13-20(18,19)16-9-5-6-12-17-16/h2-12,14H,13H2,1H3/b11-10+. The molecule has 0 aliphatic carbocycles. The lowest BCUT2D eigenvalue weighted by Gasteiger charge is -2.07. The van der Waals surface area contributed by atoms with Gasteiger partial charge in [0.15, 0.2) is 14.9 Å². The number of sulfone groups is 1. The summed E-state index contributed by atoms with van der Waals surface area (Å²) in [5.41, 5.74) is 1.06. The van der Waals surface area contributed by atoms with Crippen molar-refractivity contribution in [1.29, 1.82) is 0 Å². The van der Waals surface area contributed by atoms with Gasteiger partial charge in [0, 0.05) is 6.20 Å². The third-order valence-corrected chi connectivity index (χ3v) is 4.70. The Morgan fingerprint density at radius 3 is 2.45 bits per heavy atom. The van der Waals surface area contributed by atoms with Gasteiger partial charge in [0.1, 0.15) is 0 Å². The van der Waals surface area contributed by atoms with E-state index in [4.69, 9.17) is 0 Å². The summed E-state index contributed by atoms with van der Waals surface area (Å²) >= 11 is 0. The molecule has 104 valence electrons. The van der Waals surface area contributed by atoms with E-state index >= 15 is 0 Å². The summed E-state index contributed by atoms with van der Waals surface area (Å²) in [6.07, 6.45) is 5.35.